The van der Waals surface area contributed by atoms with Gasteiger partial charge in [0.2, 0.25) is 0 Å². The van der Waals surface area contributed by atoms with Crippen molar-refractivity contribution < 1.29 is 4.74 Å². The van der Waals surface area contributed by atoms with Gasteiger partial charge in [-0.25, -0.2) is 0 Å². The Kier molecular flexibility index (Phi) is 4.13. The monoisotopic (exact) mass is 275 g/mol. The highest BCUT2D eigenvalue weighted by Crippen LogP contribution is 2.34. The lowest BCUT2D eigenvalue weighted by Crippen LogP contribution is -2.00. The first-order valence-corrected chi connectivity index (χ1v) is 6.58. The second-order valence-electron chi connectivity index (χ2n) is 4.64. The largest absolute Gasteiger partial charge is 0.497 e. The highest BCUT2D eigenvalue weighted by molar-refractivity contribution is 6.33. The van der Waals surface area contributed by atoms with Gasteiger partial charge in [-0.2, -0.15) is 0 Å². The number of benzene rings is 2. The molecule has 0 aromatic heterocycles. The van der Waals surface area contributed by atoms with Gasteiger partial charge in [-0.1, -0.05) is 17.7 Å². The van der Waals surface area contributed by atoms with Crippen LogP contribution in [-0.2, 0) is 6.54 Å². The molecule has 0 amide bonds. The molecule has 0 aliphatic carbocycles. The Balaban J connectivity index is 2.61. The van der Waals surface area contributed by atoms with Crippen LogP contribution < -0.4 is 10.5 Å². The smallest absolute Gasteiger partial charge is 0.119 e. The SMILES string of the molecule is COc1ccc(-c2cc(C)c(C)cc2Cl)c(CN)c1. The van der Waals surface area contributed by atoms with Gasteiger partial charge in [-0.05, 0) is 60.4 Å². The molecule has 2 aromatic rings. The first-order chi connectivity index (χ1) is 9.06. The Bertz CT molecular complexity index is 608. The van der Waals surface area contributed by atoms with Crippen molar-refractivity contribution in [3.63, 3.8) is 0 Å². The Morgan fingerprint density at radius 2 is 1.74 bits per heavy atom. The van der Waals surface area contributed by atoms with E-state index in [1.54, 1.807) is 7.11 Å². The fourth-order valence-electron chi connectivity index (χ4n) is 2.12. The van der Waals surface area contributed by atoms with E-state index in [2.05, 4.69) is 19.9 Å². The second-order valence-corrected chi connectivity index (χ2v) is 5.05. The molecule has 100 valence electrons. The van der Waals surface area contributed by atoms with Crippen LogP contribution in [0, 0.1) is 13.8 Å². The molecule has 2 nitrogen and oxygen atoms in total. The van der Waals surface area contributed by atoms with Gasteiger partial charge in [0, 0.05) is 17.1 Å². The maximum atomic E-state index is 6.37. The van der Waals surface area contributed by atoms with Crippen molar-refractivity contribution in [1.82, 2.24) is 0 Å². The summed E-state index contributed by atoms with van der Waals surface area (Å²) in [7, 11) is 1.65. The minimum Gasteiger partial charge on any atom is -0.497 e. The van der Waals surface area contributed by atoms with Gasteiger partial charge in [-0.15, -0.1) is 0 Å². The van der Waals surface area contributed by atoms with Crippen LogP contribution >= 0.6 is 11.6 Å². The summed E-state index contributed by atoms with van der Waals surface area (Å²) in [5.41, 5.74) is 11.4. The third-order valence-corrected chi connectivity index (χ3v) is 3.72. The van der Waals surface area contributed by atoms with E-state index in [1.807, 2.05) is 24.3 Å². The first kappa shape index (κ1) is 13.9. The summed E-state index contributed by atoms with van der Waals surface area (Å²) in [6, 6.07) is 10.0. The molecule has 0 bridgehead atoms. The minimum atomic E-state index is 0.454. The number of aryl methyl sites for hydroxylation is 2. The van der Waals surface area contributed by atoms with Gasteiger partial charge in [0.15, 0.2) is 0 Å². The normalized spacial score (nSPS) is 10.6. The molecule has 0 atom stereocenters. The van der Waals surface area contributed by atoms with Gasteiger partial charge >= 0.3 is 0 Å². The molecule has 19 heavy (non-hydrogen) atoms. The van der Waals surface area contributed by atoms with Gasteiger partial charge in [0.1, 0.15) is 5.75 Å². The first-order valence-electron chi connectivity index (χ1n) is 6.21. The fourth-order valence-corrected chi connectivity index (χ4v) is 2.44. The highest BCUT2D eigenvalue weighted by atomic mass is 35.5. The topological polar surface area (TPSA) is 35.2 Å². The molecule has 0 aliphatic heterocycles. The molecule has 0 saturated heterocycles. The van der Waals surface area contributed by atoms with Crippen LogP contribution in [0.4, 0.5) is 0 Å². The van der Waals surface area contributed by atoms with E-state index < -0.39 is 0 Å². The van der Waals surface area contributed by atoms with Gasteiger partial charge in [0.05, 0.1) is 7.11 Å². The van der Waals surface area contributed by atoms with Gasteiger partial charge in [0.25, 0.3) is 0 Å². The van der Waals surface area contributed by atoms with E-state index in [0.717, 1.165) is 27.5 Å². The number of halogens is 1. The number of hydrogen-bond acceptors (Lipinski definition) is 2. The van der Waals surface area contributed by atoms with Gasteiger partial charge < -0.3 is 10.5 Å². The number of ether oxygens (including phenoxy) is 1. The van der Waals surface area contributed by atoms with E-state index >= 15 is 0 Å². The predicted molar refractivity (Wildman–Crippen MR) is 80.8 cm³/mol. The summed E-state index contributed by atoms with van der Waals surface area (Å²) in [4.78, 5) is 0. The summed E-state index contributed by atoms with van der Waals surface area (Å²) in [6.45, 7) is 4.60. The summed E-state index contributed by atoms with van der Waals surface area (Å²) in [5.74, 6) is 0.809. The predicted octanol–water partition coefficient (Wildman–Crippen LogP) is 4.09. The molecule has 0 saturated carbocycles. The van der Waals surface area contributed by atoms with Crippen molar-refractivity contribution in [2.24, 2.45) is 5.73 Å². The van der Waals surface area contributed by atoms with Crippen LogP contribution in [0.5, 0.6) is 5.75 Å². The summed E-state index contributed by atoms with van der Waals surface area (Å²) < 4.78 is 5.23. The van der Waals surface area contributed by atoms with Crippen molar-refractivity contribution >= 4 is 11.6 Å². The zero-order valence-electron chi connectivity index (χ0n) is 11.5. The molecule has 0 aliphatic rings. The zero-order valence-corrected chi connectivity index (χ0v) is 12.2. The van der Waals surface area contributed by atoms with E-state index in [0.29, 0.717) is 6.54 Å². The van der Waals surface area contributed by atoms with E-state index in [1.165, 1.54) is 11.1 Å². The molecule has 2 rings (SSSR count). The molecule has 2 N–H and O–H groups in total. The summed E-state index contributed by atoms with van der Waals surface area (Å²) in [6.07, 6.45) is 0. The quantitative estimate of drug-likeness (QED) is 0.916. The molecular weight excluding hydrogens is 258 g/mol. The third-order valence-electron chi connectivity index (χ3n) is 3.41. The summed E-state index contributed by atoms with van der Waals surface area (Å²) >= 11 is 6.37. The fraction of sp³-hybridized carbons (Fsp3) is 0.250. The molecule has 0 heterocycles. The van der Waals surface area contributed by atoms with Crippen LogP contribution in [-0.4, -0.2) is 7.11 Å². The Labute approximate surface area is 119 Å². The second kappa shape index (κ2) is 5.64. The highest BCUT2D eigenvalue weighted by Gasteiger charge is 2.10. The van der Waals surface area contributed by atoms with Crippen LogP contribution in [0.2, 0.25) is 5.02 Å². The van der Waals surface area contributed by atoms with Crippen molar-refractivity contribution in [2.45, 2.75) is 20.4 Å². The average Bonchev–Trinajstić information content (AvgIpc) is 2.42. The molecule has 3 heteroatoms. The number of hydrogen-bond donors (Lipinski definition) is 1. The number of methoxy groups -OCH3 is 1. The molecule has 0 fully saturated rings. The Morgan fingerprint density at radius 1 is 1.05 bits per heavy atom. The van der Waals surface area contributed by atoms with Crippen molar-refractivity contribution in [3.05, 3.63) is 52.0 Å². The lowest BCUT2D eigenvalue weighted by molar-refractivity contribution is 0.414. The Hall–Kier alpha value is -1.51. The standard InChI is InChI=1S/C16H18ClNO/c1-10-6-15(16(17)7-11(10)2)14-5-4-13(19-3)8-12(14)9-18/h4-8H,9,18H2,1-3H3. The molecule has 0 radical (unpaired) electrons. The maximum absolute atomic E-state index is 6.37. The molecule has 2 aromatic carbocycles. The average molecular weight is 276 g/mol. The van der Waals surface area contributed by atoms with E-state index in [4.69, 9.17) is 22.1 Å². The van der Waals surface area contributed by atoms with Crippen LogP contribution in [0.3, 0.4) is 0 Å². The van der Waals surface area contributed by atoms with Crippen LogP contribution in [0.15, 0.2) is 30.3 Å². The minimum absolute atomic E-state index is 0.454. The molecular formula is C16H18ClNO. The van der Waals surface area contributed by atoms with Crippen molar-refractivity contribution in [3.8, 4) is 16.9 Å². The van der Waals surface area contributed by atoms with Crippen molar-refractivity contribution in [1.29, 1.82) is 0 Å². The van der Waals surface area contributed by atoms with E-state index in [9.17, 15) is 0 Å². The van der Waals surface area contributed by atoms with Crippen LogP contribution in [0.1, 0.15) is 16.7 Å². The third kappa shape index (κ3) is 2.75. The zero-order chi connectivity index (χ0) is 14.0. The van der Waals surface area contributed by atoms with E-state index in [-0.39, 0.29) is 0 Å². The lowest BCUT2D eigenvalue weighted by atomic mass is 9.96. The van der Waals surface area contributed by atoms with Crippen LogP contribution in [0.25, 0.3) is 11.1 Å². The Morgan fingerprint density at radius 3 is 2.37 bits per heavy atom. The maximum Gasteiger partial charge on any atom is 0.119 e. The number of rotatable bonds is 3. The summed E-state index contributed by atoms with van der Waals surface area (Å²) in [5, 5.41) is 0.753. The number of nitrogens with two attached hydrogens (primary N) is 1. The van der Waals surface area contributed by atoms with Gasteiger partial charge in [-0.3, -0.25) is 0 Å². The molecule has 0 spiro atoms. The lowest BCUT2D eigenvalue weighted by Gasteiger charge is -2.13. The van der Waals surface area contributed by atoms with Crippen molar-refractivity contribution in [2.75, 3.05) is 7.11 Å². The molecule has 0 unspecified atom stereocenters.